The Morgan fingerprint density at radius 2 is 2.04 bits per heavy atom. The molecule has 1 aliphatic heterocycles. The number of hydrogen-bond acceptors (Lipinski definition) is 7. The zero-order chi connectivity index (χ0) is 20.1. The van der Waals surface area contributed by atoms with E-state index in [0.717, 1.165) is 0 Å². The highest BCUT2D eigenvalue weighted by Crippen LogP contribution is 2.32. The first kappa shape index (κ1) is 19.8. The maximum absolute atomic E-state index is 12.5. The minimum atomic E-state index is -1.36. The van der Waals surface area contributed by atoms with Crippen LogP contribution in [0, 0.1) is 0 Å². The number of benzene rings is 1. The molecule has 1 aliphatic rings. The zero-order valence-electron chi connectivity index (χ0n) is 14.5. The van der Waals surface area contributed by atoms with Crippen molar-refractivity contribution in [2.24, 2.45) is 0 Å². The second-order valence-electron chi connectivity index (χ2n) is 5.83. The van der Waals surface area contributed by atoms with Crippen LogP contribution in [0.25, 0.3) is 6.08 Å². The first-order valence-electron chi connectivity index (χ1n) is 8.35. The number of nitrogens with one attached hydrogen (secondary N) is 1. The summed E-state index contributed by atoms with van der Waals surface area (Å²) in [5, 5.41) is 13.6. The van der Waals surface area contributed by atoms with E-state index in [1.807, 2.05) is 0 Å². The number of hydrogen-bond donors (Lipinski definition) is 1. The molecule has 0 aliphatic carbocycles. The minimum Gasteiger partial charge on any atom is -0.545 e. The number of nitrogens with zero attached hydrogens (tertiary/aromatic N) is 1. The van der Waals surface area contributed by atoms with Gasteiger partial charge in [-0.05, 0) is 24.6 Å². The van der Waals surface area contributed by atoms with E-state index < -0.39 is 5.97 Å². The van der Waals surface area contributed by atoms with Gasteiger partial charge < -0.3 is 19.6 Å². The van der Waals surface area contributed by atoms with E-state index >= 15 is 0 Å². The van der Waals surface area contributed by atoms with Crippen LogP contribution in [0.5, 0.6) is 0 Å². The van der Waals surface area contributed by atoms with Crippen LogP contribution in [-0.2, 0) is 9.59 Å². The molecule has 0 saturated carbocycles. The summed E-state index contributed by atoms with van der Waals surface area (Å²) in [7, 11) is 0. The number of carbonyl (C=O) groups is 3. The molecule has 9 heteroatoms. The highest BCUT2D eigenvalue weighted by molar-refractivity contribution is 8.26. The van der Waals surface area contributed by atoms with Crippen LogP contribution in [0.4, 0.5) is 5.69 Å². The Morgan fingerprint density at radius 1 is 1.25 bits per heavy atom. The second-order valence-corrected chi connectivity index (χ2v) is 7.51. The van der Waals surface area contributed by atoms with Gasteiger partial charge in [0.25, 0.3) is 5.91 Å². The van der Waals surface area contributed by atoms with Crippen molar-refractivity contribution in [3.05, 3.63) is 58.9 Å². The fourth-order valence-electron chi connectivity index (χ4n) is 2.58. The van der Waals surface area contributed by atoms with Crippen LogP contribution < -0.4 is 10.4 Å². The number of rotatable bonds is 7. The van der Waals surface area contributed by atoms with Crippen molar-refractivity contribution in [2.75, 3.05) is 11.9 Å². The highest BCUT2D eigenvalue weighted by atomic mass is 32.2. The molecule has 1 N–H and O–H groups in total. The minimum absolute atomic E-state index is 0.0872. The Morgan fingerprint density at radius 3 is 2.75 bits per heavy atom. The fourth-order valence-corrected chi connectivity index (χ4v) is 3.86. The number of para-hydroxylation sites is 1. The lowest BCUT2D eigenvalue weighted by molar-refractivity contribution is -0.254. The average molecular weight is 415 g/mol. The molecule has 0 unspecified atom stereocenters. The summed E-state index contributed by atoms with van der Waals surface area (Å²) in [6.07, 6.45) is 3.63. The summed E-state index contributed by atoms with van der Waals surface area (Å²) in [6.45, 7) is 0.287. The van der Waals surface area contributed by atoms with E-state index in [4.69, 9.17) is 16.6 Å². The first-order chi connectivity index (χ1) is 13.5. The van der Waals surface area contributed by atoms with Gasteiger partial charge in [-0.15, -0.1) is 0 Å². The lowest BCUT2D eigenvalue weighted by atomic mass is 10.1. The largest absolute Gasteiger partial charge is 0.545 e. The Labute approximate surface area is 170 Å². The van der Waals surface area contributed by atoms with Crippen LogP contribution >= 0.6 is 24.0 Å². The Kier molecular flexibility index (Phi) is 6.27. The molecule has 2 heterocycles. The molecule has 0 atom stereocenters. The molecule has 2 aromatic rings. The molecule has 2 amide bonds. The van der Waals surface area contributed by atoms with Gasteiger partial charge in [-0.25, -0.2) is 0 Å². The van der Waals surface area contributed by atoms with Crippen LogP contribution in [0.15, 0.2) is 52.0 Å². The van der Waals surface area contributed by atoms with Crippen molar-refractivity contribution in [3.8, 4) is 0 Å². The van der Waals surface area contributed by atoms with Gasteiger partial charge in [0.15, 0.2) is 0 Å². The first-order valence-corrected chi connectivity index (χ1v) is 9.57. The highest BCUT2D eigenvalue weighted by Gasteiger charge is 2.31. The number of carboxylic acid groups (broad SMARTS) is 1. The number of amides is 2. The maximum Gasteiger partial charge on any atom is 0.266 e. The average Bonchev–Trinajstić information content (AvgIpc) is 3.26. The molecule has 1 fully saturated rings. The molecule has 0 radical (unpaired) electrons. The number of anilines is 1. The monoisotopic (exact) mass is 415 g/mol. The van der Waals surface area contributed by atoms with E-state index in [1.165, 1.54) is 35.1 Å². The molecule has 144 valence electrons. The van der Waals surface area contributed by atoms with Crippen LogP contribution in [-0.4, -0.2) is 33.5 Å². The van der Waals surface area contributed by atoms with Gasteiger partial charge in [-0.2, -0.15) is 0 Å². The molecule has 28 heavy (non-hydrogen) atoms. The van der Waals surface area contributed by atoms with Crippen LogP contribution in [0.1, 0.15) is 29.0 Å². The third-order valence-corrected chi connectivity index (χ3v) is 5.27. The van der Waals surface area contributed by atoms with Crippen molar-refractivity contribution < 1.29 is 23.9 Å². The van der Waals surface area contributed by atoms with Gasteiger partial charge in [0.05, 0.1) is 17.1 Å². The quantitative estimate of drug-likeness (QED) is 0.547. The lowest BCUT2D eigenvalue weighted by Gasteiger charge is -2.15. The summed E-state index contributed by atoms with van der Waals surface area (Å²) >= 11 is 6.43. The summed E-state index contributed by atoms with van der Waals surface area (Å²) in [5.41, 5.74) is 0.0929. The topological polar surface area (TPSA) is 103 Å². The Hall–Kier alpha value is -2.91. The number of furan rings is 1. The maximum atomic E-state index is 12.5. The summed E-state index contributed by atoms with van der Waals surface area (Å²) in [5.74, 6) is -1.39. The van der Waals surface area contributed by atoms with Crippen molar-refractivity contribution in [1.82, 2.24) is 4.90 Å². The smallest absolute Gasteiger partial charge is 0.266 e. The molecular weight excluding hydrogens is 400 g/mol. The number of thioether (sulfide) groups is 1. The van der Waals surface area contributed by atoms with Gasteiger partial charge in [0.2, 0.25) is 5.91 Å². The van der Waals surface area contributed by atoms with E-state index in [0.29, 0.717) is 21.4 Å². The zero-order valence-corrected chi connectivity index (χ0v) is 16.2. The van der Waals surface area contributed by atoms with E-state index in [-0.39, 0.29) is 36.0 Å². The Balaban J connectivity index is 1.54. The molecule has 7 nitrogen and oxygen atoms in total. The van der Waals surface area contributed by atoms with Gasteiger partial charge in [0.1, 0.15) is 10.1 Å². The molecule has 1 saturated heterocycles. The molecule has 1 aromatic carbocycles. The second kappa shape index (κ2) is 8.85. The summed E-state index contributed by atoms with van der Waals surface area (Å²) < 4.78 is 5.63. The fraction of sp³-hybridized carbons (Fsp3) is 0.158. The SMILES string of the molecule is O=C(CCCN1C(=O)/C(=C/c2ccco2)SC1=S)Nc1ccccc1C(=O)[O-]. The van der Waals surface area contributed by atoms with Crippen LogP contribution in [0.2, 0.25) is 0 Å². The standard InChI is InChI=1S/C19H16N2O5S2/c22-16(20-14-7-2-1-6-13(14)18(24)25)8-3-9-21-17(23)15(28-19(21)27)11-12-5-4-10-26-12/h1-2,4-7,10-11H,3,8-9H2,(H,20,22)(H,24,25)/p-1/b15-11-. The predicted octanol–water partition coefficient (Wildman–Crippen LogP) is 2.26. The van der Waals surface area contributed by atoms with Gasteiger partial charge >= 0.3 is 0 Å². The van der Waals surface area contributed by atoms with E-state index in [9.17, 15) is 19.5 Å². The molecule has 1 aromatic heterocycles. The third-order valence-electron chi connectivity index (χ3n) is 3.90. The summed E-state index contributed by atoms with van der Waals surface area (Å²) in [4.78, 5) is 37.6. The normalized spacial score (nSPS) is 15.3. The third kappa shape index (κ3) is 4.68. The van der Waals surface area contributed by atoms with E-state index in [2.05, 4.69) is 5.32 Å². The molecule has 0 bridgehead atoms. The number of thiocarbonyl (C=S) groups is 1. The van der Waals surface area contributed by atoms with Crippen molar-refractivity contribution in [3.63, 3.8) is 0 Å². The number of carboxylic acids is 1. The van der Waals surface area contributed by atoms with Crippen molar-refractivity contribution in [1.29, 1.82) is 0 Å². The Bertz CT molecular complexity index is 953. The van der Waals surface area contributed by atoms with Gasteiger partial charge in [-0.3, -0.25) is 14.5 Å². The van der Waals surface area contributed by atoms with Crippen molar-refractivity contribution >= 4 is 57.8 Å². The van der Waals surface area contributed by atoms with Gasteiger partial charge in [-0.1, -0.05) is 42.2 Å². The van der Waals surface area contributed by atoms with Crippen LogP contribution in [0.3, 0.4) is 0 Å². The van der Waals surface area contributed by atoms with E-state index in [1.54, 1.807) is 30.3 Å². The molecular formula is C19H15N2O5S2-. The molecule has 3 rings (SSSR count). The number of aromatic carboxylic acids is 1. The van der Waals surface area contributed by atoms with Gasteiger partial charge in [0, 0.05) is 30.3 Å². The molecule has 0 spiro atoms. The predicted molar refractivity (Wildman–Crippen MR) is 107 cm³/mol. The number of carbonyl (C=O) groups excluding carboxylic acids is 3. The van der Waals surface area contributed by atoms with Crippen molar-refractivity contribution in [2.45, 2.75) is 12.8 Å². The summed E-state index contributed by atoms with van der Waals surface area (Å²) in [6, 6.07) is 9.48. The lowest BCUT2D eigenvalue weighted by Crippen LogP contribution is -2.30.